The molecule has 0 aliphatic heterocycles. The van der Waals surface area contributed by atoms with Gasteiger partial charge in [-0.25, -0.2) is 5.43 Å². The molecule has 150 valence electrons. The highest BCUT2D eigenvalue weighted by Gasteiger charge is 2.25. The van der Waals surface area contributed by atoms with E-state index in [1.54, 1.807) is 6.20 Å². The van der Waals surface area contributed by atoms with Crippen LogP contribution in [0.2, 0.25) is 0 Å². The van der Waals surface area contributed by atoms with Crippen molar-refractivity contribution >= 4 is 44.6 Å². The van der Waals surface area contributed by atoms with E-state index in [-0.39, 0.29) is 17.9 Å². The topological polar surface area (TPSA) is 118 Å². The molecule has 4 aromatic rings. The minimum atomic E-state index is -0.759. The summed E-state index contributed by atoms with van der Waals surface area (Å²) in [6, 6.07) is 15.1. The van der Waals surface area contributed by atoms with Gasteiger partial charge >= 0.3 is 5.69 Å². The maximum atomic E-state index is 12.5. The van der Waals surface area contributed by atoms with E-state index in [2.05, 4.69) is 36.5 Å². The van der Waals surface area contributed by atoms with Crippen molar-refractivity contribution in [1.82, 2.24) is 20.2 Å². The number of halogens is 1. The fourth-order valence-corrected chi connectivity index (χ4v) is 3.47. The van der Waals surface area contributed by atoms with Crippen molar-refractivity contribution in [2.24, 2.45) is 5.10 Å². The van der Waals surface area contributed by atoms with Crippen molar-refractivity contribution in [3.05, 3.63) is 92.3 Å². The number of rotatable bonds is 6. The molecule has 2 aromatic carbocycles. The number of hydrazone groups is 1. The number of fused-ring (bicyclic) bond motifs is 1. The van der Waals surface area contributed by atoms with Crippen LogP contribution in [0.4, 0.5) is 5.69 Å². The van der Waals surface area contributed by atoms with Gasteiger partial charge in [0.2, 0.25) is 5.69 Å². The van der Waals surface area contributed by atoms with Gasteiger partial charge in [-0.05, 0) is 23.8 Å². The van der Waals surface area contributed by atoms with Crippen molar-refractivity contribution in [2.45, 2.75) is 6.54 Å². The van der Waals surface area contributed by atoms with Gasteiger partial charge in [0.1, 0.15) is 6.20 Å². The van der Waals surface area contributed by atoms with Crippen LogP contribution in [0.25, 0.3) is 10.9 Å². The maximum absolute atomic E-state index is 12.5. The van der Waals surface area contributed by atoms with E-state index in [1.807, 2.05) is 48.5 Å². The van der Waals surface area contributed by atoms with Crippen LogP contribution in [0.15, 0.2) is 70.5 Å². The molecule has 0 aliphatic rings. The molecule has 0 atom stereocenters. The molecule has 2 heterocycles. The van der Waals surface area contributed by atoms with Crippen LogP contribution in [0, 0.1) is 10.1 Å². The van der Waals surface area contributed by atoms with Gasteiger partial charge in [-0.15, -0.1) is 0 Å². The van der Waals surface area contributed by atoms with Crippen LogP contribution >= 0.6 is 15.9 Å². The lowest BCUT2D eigenvalue weighted by Crippen LogP contribution is -2.19. The molecular formula is C20H15BrN6O3. The number of benzene rings is 2. The van der Waals surface area contributed by atoms with E-state index in [4.69, 9.17) is 0 Å². The summed E-state index contributed by atoms with van der Waals surface area (Å²) in [5.41, 5.74) is 4.22. The average Bonchev–Trinajstić information content (AvgIpc) is 3.33. The molecule has 0 saturated heterocycles. The second-order valence-electron chi connectivity index (χ2n) is 6.44. The summed E-state index contributed by atoms with van der Waals surface area (Å²) in [5.74, 6) is -0.759. The van der Waals surface area contributed by atoms with Crippen molar-refractivity contribution in [3.8, 4) is 0 Å². The monoisotopic (exact) mass is 466 g/mol. The number of nitrogens with one attached hydrogen (secondary N) is 2. The lowest BCUT2D eigenvalue weighted by molar-refractivity contribution is -0.385. The molecule has 0 bridgehead atoms. The van der Waals surface area contributed by atoms with Crippen molar-refractivity contribution < 1.29 is 9.72 Å². The number of carbonyl (C=O) groups is 1. The summed E-state index contributed by atoms with van der Waals surface area (Å²) in [6.07, 6.45) is 4.47. The molecule has 2 aromatic heterocycles. The predicted octanol–water partition coefficient (Wildman–Crippen LogP) is 3.85. The number of aromatic amines is 1. The second kappa shape index (κ2) is 8.29. The number of para-hydroxylation sites is 1. The van der Waals surface area contributed by atoms with Crippen molar-refractivity contribution in [1.29, 1.82) is 0 Å². The standard InChI is InChI=1S/C20H15BrN6O3/c21-15-5-3-4-13(8-15)11-26-12-18(27(29)30)19(25-26)20(28)24-23-10-14-9-22-17-7-2-1-6-16(14)17/h1-10,12,22H,11H2,(H,24,28). The van der Waals surface area contributed by atoms with Crippen molar-refractivity contribution in [2.75, 3.05) is 0 Å². The van der Waals surface area contributed by atoms with Gasteiger partial charge in [0, 0.05) is 27.1 Å². The fourth-order valence-electron chi connectivity index (χ4n) is 3.02. The highest BCUT2D eigenvalue weighted by molar-refractivity contribution is 9.10. The Kier molecular flexibility index (Phi) is 5.40. The summed E-state index contributed by atoms with van der Waals surface area (Å²) >= 11 is 3.38. The third-order valence-electron chi connectivity index (χ3n) is 4.38. The lowest BCUT2D eigenvalue weighted by atomic mass is 10.2. The number of nitro groups is 1. The Morgan fingerprint density at radius 3 is 2.93 bits per heavy atom. The van der Waals surface area contributed by atoms with Gasteiger partial charge in [0.15, 0.2) is 0 Å². The summed E-state index contributed by atoms with van der Waals surface area (Å²) < 4.78 is 2.24. The van der Waals surface area contributed by atoms with Gasteiger partial charge in [-0.1, -0.05) is 46.3 Å². The summed E-state index contributed by atoms with van der Waals surface area (Å²) in [6.45, 7) is 0.284. The van der Waals surface area contributed by atoms with E-state index in [1.165, 1.54) is 17.1 Å². The zero-order chi connectivity index (χ0) is 21.1. The Balaban J connectivity index is 1.52. The van der Waals surface area contributed by atoms with Gasteiger partial charge in [0.05, 0.1) is 17.7 Å². The largest absolute Gasteiger partial charge is 0.361 e. The molecule has 10 heteroatoms. The van der Waals surface area contributed by atoms with Crippen LogP contribution in [0.1, 0.15) is 21.6 Å². The third kappa shape index (κ3) is 4.13. The first-order valence-corrected chi connectivity index (χ1v) is 9.66. The van der Waals surface area contributed by atoms with E-state index in [0.717, 1.165) is 26.5 Å². The van der Waals surface area contributed by atoms with E-state index in [0.29, 0.717) is 0 Å². The van der Waals surface area contributed by atoms with E-state index < -0.39 is 10.8 Å². The number of amides is 1. The van der Waals surface area contributed by atoms with Gasteiger partial charge < -0.3 is 4.98 Å². The molecule has 30 heavy (non-hydrogen) atoms. The average molecular weight is 467 g/mol. The normalized spacial score (nSPS) is 11.2. The molecule has 0 aliphatic carbocycles. The van der Waals surface area contributed by atoms with Crippen LogP contribution < -0.4 is 5.43 Å². The molecule has 4 rings (SSSR count). The van der Waals surface area contributed by atoms with E-state index >= 15 is 0 Å². The Morgan fingerprint density at radius 2 is 2.13 bits per heavy atom. The number of aromatic nitrogens is 3. The van der Waals surface area contributed by atoms with E-state index in [9.17, 15) is 14.9 Å². The quantitative estimate of drug-likeness (QED) is 0.254. The zero-order valence-corrected chi connectivity index (χ0v) is 17.0. The van der Waals surface area contributed by atoms with Crippen LogP contribution in [0.5, 0.6) is 0 Å². The lowest BCUT2D eigenvalue weighted by Gasteiger charge is -2.01. The molecule has 0 unspecified atom stereocenters. The number of carbonyl (C=O) groups excluding carboxylic acids is 1. The highest BCUT2D eigenvalue weighted by atomic mass is 79.9. The summed E-state index contributed by atoms with van der Waals surface area (Å²) in [4.78, 5) is 26.3. The predicted molar refractivity (Wildman–Crippen MR) is 115 cm³/mol. The molecule has 0 spiro atoms. The first-order chi connectivity index (χ1) is 14.5. The molecule has 0 radical (unpaired) electrons. The first-order valence-electron chi connectivity index (χ1n) is 8.87. The molecule has 0 saturated carbocycles. The number of hydrogen-bond donors (Lipinski definition) is 2. The number of H-pyrrole nitrogens is 1. The Hall–Kier alpha value is -3.79. The summed E-state index contributed by atoms with van der Waals surface area (Å²) in [7, 11) is 0. The fraction of sp³-hybridized carbons (Fsp3) is 0.0500. The summed E-state index contributed by atoms with van der Waals surface area (Å²) in [5, 5.41) is 20.3. The minimum absolute atomic E-state index is 0.284. The smallest absolute Gasteiger partial charge is 0.320 e. The molecule has 9 nitrogen and oxygen atoms in total. The minimum Gasteiger partial charge on any atom is -0.361 e. The first kappa shape index (κ1) is 19.5. The molecule has 1 amide bonds. The SMILES string of the molecule is O=C(NN=Cc1c[nH]c2ccccc12)c1nn(Cc2cccc(Br)c2)cc1[N+](=O)[O-]. The maximum Gasteiger partial charge on any atom is 0.320 e. The van der Waals surface area contributed by atoms with Crippen LogP contribution in [-0.4, -0.2) is 31.8 Å². The van der Waals surface area contributed by atoms with Crippen LogP contribution in [-0.2, 0) is 6.54 Å². The van der Waals surface area contributed by atoms with Crippen molar-refractivity contribution in [3.63, 3.8) is 0 Å². The third-order valence-corrected chi connectivity index (χ3v) is 4.87. The second-order valence-corrected chi connectivity index (χ2v) is 7.35. The number of hydrogen-bond acceptors (Lipinski definition) is 5. The Labute approximate surface area is 178 Å². The Bertz CT molecular complexity index is 1280. The Morgan fingerprint density at radius 1 is 1.30 bits per heavy atom. The van der Waals surface area contributed by atoms with Crippen LogP contribution in [0.3, 0.4) is 0 Å². The van der Waals surface area contributed by atoms with Gasteiger partial charge in [-0.2, -0.15) is 10.2 Å². The molecular weight excluding hydrogens is 452 g/mol. The zero-order valence-electron chi connectivity index (χ0n) is 15.4. The molecule has 0 fully saturated rings. The van der Waals surface area contributed by atoms with Gasteiger partial charge in [-0.3, -0.25) is 19.6 Å². The highest BCUT2D eigenvalue weighted by Crippen LogP contribution is 2.19. The molecule has 2 N–H and O–H groups in total. The van der Waals surface area contributed by atoms with Gasteiger partial charge in [0.25, 0.3) is 5.91 Å². The number of nitrogens with zero attached hydrogens (tertiary/aromatic N) is 4.